The number of hydrogen-bond acceptors (Lipinski definition) is 6. The zero-order chi connectivity index (χ0) is 24.1. The first kappa shape index (κ1) is 26.4. The summed E-state index contributed by atoms with van der Waals surface area (Å²) in [6.07, 6.45) is 4.32. The molecular formula is C22H30ClFIN3O5. The van der Waals surface area contributed by atoms with Gasteiger partial charge in [0.2, 0.25) is 5.91 Å². The number of hydroxylamine groups is 1. The van der Waals surface area contributed by atoms with E-state index in [0.29, 0.717) is 45.1 Å². The van der Waals surface area contributed by atoms with Gasteiger partial charge in [0.05, 0.1) is 20.6 Å². The highest BCUT2D eigenvalue weighted by atomic mass is 127. The van der Waals surface area contributed by atoms with Crippen molar-refractivity contribution in [3.05, 3.63) is 29.0 Å². The van der Waals surface area contributed by atoms with Crippen LogP contribution in [0.2, 0.25) is 5.02 Å². The monoisotopic (exact) mass is 597 g/mol. The minimum absolute atomic E-state index is 0.0262. The standard InChI is InChI=1S/C22H30ClFIN3O5/c23-15-5-4-14(11-16(15)24)33-13-19(30)27-22-8-6-21(7-9-22,12-18(22)29)28-20(31)17(25)3-1-2-10-26-32/h4-5,11,17-18,26,29,32H,1-3,6-10,12-13H2,(H,27,30)(H,28,31). The lowest BCUT2D eigenvalue weighted by molar-refractivity contribution is -0.136. The fraction of sp³-hybridized carbons (Fsp3) is 0.636. The number of hydrogen-bond donors (Lipinski definition) is 5. The van der Waals surface area contributed by atoms with Crippen molar-refractivity contribution in [2.45, 2.75) is 72.5 Å². The Hall–Kier alpha value is -1.21. The molecule has 11 heteroatoms. The maximum absolute atomic E-state index is 13.5. The Morgan fingerprint density at radius 3 is 2.61 bits per heavy atom. The summed E-state index contributed by atoms with van der Waals surface area (Å²) in [6, 6.07) is 3.95. The van der Waals surface area contributed by atoms with Crippen LogP contribution in [0, 0.1) is 5.82 Å². The molecule has 2 atom stereocenters. The van der Waals surface area contributed by atoms with Gasteiger partial charge in [0, 0.05) is 18.2 Å². The molecule has 1 aromatic carbocycles. The molecule has 184 valence electrons. The lowest BCUT2D eigenvalue weighted by Gasteiger charge is -2.56. The Kier molecular flexibility index (Phi) is 9.18. The lowest BCUT2D eigenvalue weighted by atomic mass is 9.60. The molecule has 33 heavy (non-hydrogen) atoms. The molecule has 2 unspecified atom stereocenters. The van der Waals surface area contributed by atoms with E-state index in [1.165, 1.54) is 12.1 Å². The second kappa shape index (κ2) is 11.5. The van der Waals surface area contributed by atoms with Gasteiger partial charge in [0.15, 0.2) is 6.61 Å². The molecular weight excluding hydrogens is 568 g/mol. The molecule has 3 aliphatic carbocycles. The zero-order valence-corrected chi connectivity index (χ0v) is 21.1. The molecule has 2 bridgehead atoms. The lowest BCUT2D eigenvalue weighted by Crippen LogP contribution is -2.70. The highest BCUT2D eigenvalue weighted by Gasteiger charge is 2.55. The van der Waals surface area contributed by atoms with Crippen LogP contribution in [0.4, 0.5) is 4.39 Å². The van der Waals surface area contributed by atoms with Crippen LogP contribution in [-0.2, 0) is 9.59 Å². The van der Waals surface area contributed by atoms with Crippen molar-refractivity contribution in [1.82, 2.24) is 16.1 Å². The quantitative estimate of drug-likeness (QED) is 0.116. The molecule has 3 aliphatic rings. The van der Waals surface area contributed by atoms with Crippen LogP contribution in [0.5, 0.6) is 5.75 Å². The van der Waals surface area contributed by atoms with E-state index in [1.54, 1.807) is 0 Å². The topological polar surface area (TPSA) is 120 Å². The molecule has 0 aromatic heterocycles. The van der Waals surface area contributed by atoms with Crippen LogP contribution in [0.1, 0.15) is 51.4 Å². The number of carbonyl (C=O) groups is 2. The Morgan fingerprint density at radius 1 is 1.24 bits per heavy atom. The van der Waals surface area contributed by atoms with Crippen LogP contribution >= 0.6 is 34.2 Å². The number of nitrogens with one attached hydrogen (secondary N) is 3. The third-order valence-electron chi connectivity index (χ3n) is 6.64. The Balaban J connectivity index is 1.49. The van der Waals surface area contributed by atoms with Gasteiger partial charge >= 0.3 is 0 Å². The SMILES string of the molecule is O=C(COc1ccc(Cl)c(F)c1)NC12CCC(NC(=O)C(I)CCCCNO)(CC1)CC2O. The summed E-state index contributed by atoms with van der Waals surface area (Å²) in [6.45, 7) is 0.191. The number of aliphatic hydroxyl groups excluding tert-OH is 1. The predicted octanol–water partition coefficient (Wildman–Crippen LogP) is 2.86. The maximum atomic E-state index is 13.5. The predicted molar refractivity (Wildman–Crippen MR) is 129 cm³/mol. The van der Waals surface area contributed by atoms with Crippen LogP contribution in [0.15, 0.2) is 18.2 Å². The summed E-state index contributed by atoms with van der Waals surface area (Å²) in [5.74, 6) is -0.869. The number of amides is 2. The number of fused-ring (bicyclic) bond motifs is 3. The second-order valence-corrected chi connectivity index (χ2v) is 10.8. The first-order valence-electron chi connectivity index (χ1n) is 11.1. The smallest absolute Gasteiger partial charge is 0.258 e. The fourth-order valence-corrected chi connectivity index (χ4v) is 5.40. The molecule has 4 rings (SSSR count). The van der Waals surface area contributed by atoms with Crippen molar-refractivity contribution in [3.8, 4) is 5.75 Å². The number of rotatable bonds is 11. The molecule has 0 aliphatic heterocycles. The van der Waals surface area contributed by atoms with E-state index >= 15 is 0 Å². The first-order valence-corrected chi connectivity index (χ1v) is 12.7. The van der Waals surface area contributed by atoms with E-state index in [0.717, 1.165) is 18.9 Å². The first-order chi connectivity index (χ1) is 15.7. The molecule has 0 heterocycles. The van der Waals surface area contributed by atoms with Crippen LogP contribution in [0.3, 0.4) is 0 Å². The second-order valence-electron chi connectivity index (χ2n) is 8.93. The fourth-order valence-electron chi connectivity index (χ4n) is 4.69. The minimum Gasteiger partial charge on any atom is -0.484 e. The molecule has 5 N–H and O–H groups in total. The van der Waals surface area contributed by atoms with Gasteiger partial charge in [-0.25, -0.2) is 9.87 Å². The van der Waals surface area contributed by atoms with Crippen LogP contribution in [-0.4, -0.2) is 56.4 Å². The van der Waals surface area contributed by atoms with Crippen LogP contribution in [0.25, 0.3) is 0 Å². The summed E-state index contributed by atoms with van der Waals surface area (Å²) < 4.78 is 18.7. The van der Waals surface area contributed by atoms with Gasteiger partial charge in [0.1, 0.15) is 11.6 Å². The molecule has 0 saturated heterocycles. The molecule has 0 spiro atoms. The van der Waals surface area contributed by atoms with E-state index < -0.39 is 28.9 Å². The largest absolute Gasteiger partial charge is 0.484 e. The van der Waals surface area contributed by atoms with Gasteiger partial charge in [0.25, 0.3) is 5.91 Å². The number of halogens is 3. The van der Waals surface area contributed by atoms with E-state index in [4.69, 9.17) is 21.5 Å². The summed E-state index contributed by atoms with van der Waals surface area (Å²) in [5, 5.41) is 25.5. The van der Waals surface area contributed by atoms with E-state index in [2.05, 4.69) is 38.7 Å². The van der Waals surface area contributed by atoms with Gasteiger partial charge in [-0.05, 0) is 57.1 Å². The van der Waals surface area contributed by atoms with E-state index in [-0.39, 0.29) is 27.2 Å². The molecule has 0 radical (unpaired) electrons. The van der Waals surface area contributed by atoms with Gasteiger partial charge in [-0.2, -0.15) is 0 Å². The number of ether oxygens (including phenoxy) is 1. The third kappa shape index (κ3) is 6.68. The van der Waals surface area contributed by atoms with Crippen molar-refractivity contribution in [1.29, 1.82) is 0 Å². The highest BCUT2D eigenvalue weighted by molar-refractivity contribution is 14.1. The average molecular weight is 598 g/mol. The van der Waals surface area contributed by atoms with E-state index in [9.17, 15) is 19.1 Å². The highest BCUT2D eigenvalue weighted by Crippen LogP contribution is 2.47. The Labute approximate surface area is 211 Å². The molecule has 8 nitrogen and oxygen atoms in total. The molecule has 1 aromatic rings. The van der Waals surface area contributed by atoms with Gasteiger partial charge in [-0.1, -0.05) is 40.6 Å². The van der Waals surface area contributed by atoms with Crippen molar-refractivity contribution < 1.29 is 29.0 Å². The summed E-state index contributed by atoms with van der Waals surface area (Å²) in [5.41, 5.74) is 0.898. The van der Waals surface area contributed by atoms with Crippen molar-refractivity contribution in [3.63, 3.8) is 0 Å². The summed E-state index contributed by atoms with van der Waals surface area (Å²) >= 11 is 7.78. The van der Waals surface area contributed by atoms with Gasteiger partial charge < -0.3 is 25.7 Å². The van der Waals surface area contributed by atoms with Crippen LogP contribution < -0.4 is 20.9 Å². The van der Waals surface area contributed by atoms with Gasteiger partial charge in [-0.3, -0.25) is 9.59 Å². The maximum Gasteiger partial charge on any atom is 0.258 e. The van der Waals surface area contributed by atoms with E-state index in [1.807, 2.05) is 0 Å². The van der Waals surface area contributed by atoms with Crippen molar-refractivity contribution >= 4 is 46.0 Å². The number of alkyl halides is 1. The average Bonchev–Trinajstić information content (AvgIpc) is 2.78. The zero-order valence-electron chi connectivity index (χ0n) is 18.2. The van der Waals surface area contributed by atoms with Crippen molar-refractivity contribution in [2.24, 2.45) is 0 Å². The Morgan fingerprint density at radius 2 is 1.97 bits per heavy atom. The number of carbonyl (C=O) groups excluding carboxylic acids is 2. The minimum atomic E-state index is -0.791. The molecule has 3 fully saturated rings. The number of unbranched alkanes of at least 4 members (excludes halogenated alkanes) is 1. The summed E-state index contributed by atoms with van der Waals surface area (Å²) in [4.78, 5) is 25.2. The number of benzene rings is 1. The third-order valence-corrected chi connectivity index (χ3v) is 8.13. The molecule has 2 amide bonds. The number of aliphatic hydroxyl groups is 1. The normalized spacial score (nSPS) is 27.1. The summed E-state index contributed by atoms with van der Waals surface area (Å²) in [7, 11) is 0. The van der Waals surface area contributed by atoms with Gasteiger partial charge in [-0.15, -0.1) is 0 Å². The Bertz CT molecular complexity index is 853. The molecule has 3 saturated carbocycles. The van der Waals surface area contributed by atoms with Crippen molar-refractivity contribution in [2.75, 3.05) is 13.2 Å².